The van der Waals surface area contributed by atoms with Gasteiger partial charge in [0.2, 0.25) is 0 Å². The topological polar surface area (TPSA) is 18.5 Å². The first-order valence-electron chi connectivity index (χ1n) is 15.7. The maximum Gasteiger partial charge on any atom is 0.494 e. The van der Waals surface area contributed by atoms with E-state index >= 15 is 0 Å². The molecule has 0 bridgehead atoms. The lowest BCUT2D eigenvalue weighted by molar-refractivity contribution is 0.00578. The molecule has 1 fully saturated rings. The van der Waals surface area contributed by atoms with Gasteiger partial charge in [0.1, 0.15) is 0 Å². The van der Waals surface area contributed by atoms with Crippen LogP contribution in [0.5, 0.6) is 0 Å². The molecule has 0 saturated carbocycles. The second-order valence-electron chi connectivity index (χ2n) is 13.9. The van der Waals surface area contributed by atoms with E-state index in [0.29, 0.717) is 0 Å². The largest absolute Gasteiger partial charge is 0.494 e. The fourth-order valence-electron chi connectivity index (χ4n) is 8.64. The van der Waals surface area contributed by atoms with E-state index in [-0.39, 0.29) is 0 Å². The average molecular weight is 567 g/mol. The zero-order chi connectivity index (χ0) is 29.6. The van der Waals surface area contributed by atoms with Crippen molar-refractivity contribution < 1.29 is 9.31 Å². The number of hydrogen-bond donors (Lipinski definition) is 0. The summed E-state index contributed by atoms with van der Waals surface area (Å²) < 4.78 is 13.0. The van der Waals surface area contributed by atoms with Gasteiger partial charge in [-0.1, -0.05) is 109 Å². The van der Waals surface area contributed by atoms with E-state index in [1.54, 1.807) is 0 Å². The maximum atomic E-state index is 6.52. The fourth-order valence-corrected chi connectivity index (χ4v) is 8.64. The van der Waals surface area contributed by atoms with Gasteiger partial charge in [0.15, 0.2) is 0 Å². The van der Waals surface area contributed by atoms with Gasteiger partial charge in [-0.25, -0.2) is 0 Å². The van der Waals surface area contributed by atoms with Crippen molar-refractivity contribution >= 4 is 23.4 Å². The first-order chi connectivity index (χ1) is 21.3. The molecule has 4 aliphatic rings. The molecular weight excluding hydrogens is 535 g/mol. The Balaban J connectivity index is 1.30. The van der Waals surface area contributed by atoms with Crippen molar-refractivity contribution in [1.82, 2.24) is 0 Å². The number of fused-ring (bicyclic) bond motifs is 14. The quantitative estimate of drug-likeness (QED) is 0.185. The van der Waals surface area contributed by atoms with Crippen LogP contribution >= 0.6 is 0 Å². The highest BCUT2D eigenvalue weighted by Crippen LogP contribution is 2.65. The van der Waals surface area contributed by atoms with E-state index in [2.05, 4.69) is 143 Å². The van der Waals surface area contributed by atoms with E-state index in [0.717, 1.165) is 5.46 Å². The van der Waals surface area contributed by atoms with Gasteiger partial charge in [0, 0.05) is 0 Å². The van der Waals surface area contributed by atoms with Crippen LogP contribution < -0.4 is 5.46 Å². The summed E-state index contributed by atoms with van der Waals surface area (Å²) in [4.78, 5) is 0. The van der Waals surface area contributed by atoms with Crippen molar-refractivity contribution in [2.75, 3.05) is 0 Å². The van der Waals surface area contributed by atoms with Crippen molar-refractivity contribution in [3.05, 3.63) is 138 Å². The monoisotopic (exact) mass is 566 g/mol. The molecule has 1 aliphatic heterocycles. The molecule has 3 heteroatoms. The van der Waals surface area contributed by atoms with Gasteiger partial charge in [0.25, 0.3) is 0 Å². The molecule has 0 radical (unpaired) electrons. The zero-order valence-corrected chi connectivity index (χ0v) is 25.4. The highest BCUT2D eigenvalue weighted by molar-refractivity contribution is 6.62. The Bertz CT molecular complexity index is 2240. The Labute approximate surface area is 258 Å². The van der Waals surface area contributed by atoms with Gasteiger partial charge in [-0.05, 0) is 117 Å². The summed E-state index contributed by atoms with van der Waals surface area (Å²) >= 11 is 0. The Morgan fingerprint density at radius 3 is 1.75 bits per heavy atom. The number of hydrogen-bond acceptors (Lipinski definition) is 2. The van der Waals surface area contributed by atoms with Crippen LogP contribution in [0.25, 0.3) is 55.3 Å². The van der Waals surface area contributed by atoms with Crippen LogP contribution in [0.3, 0.4) is 0 Å². The van der Waals surface area contributed by atoms with Gasteiger partial charge in [-0.3, -0.25) is 0 Å². The second kappa shape index (κ2) is 7.98. The molecule has 6 aromatic carbocycles. The average Bonchev–Trinajstić information content (AvgIpc) is 3.69. The Morgan fingerprint density at radius 2 is 1.02 bits per heavy atom. The van der Waals surface area contributed by atoms with E-state index in [4.69, 9.17) is 9.31 Å². The predicted molar refractivity (Wildman–Crippen MR) is 180 cm³/mol. The minimum absolute atomic E-state index is 0.391. The summed E-state index contributed by atoms with van der Waals surface area (Å²) in [5.74, 6) is 0. The number of benzene rings is 6. The van der Waals surface area contributed by atoms with Gasteiger partial charge in [-0.15, -0.1) is 0 Å². The Hall–Kier alpha value is -4.44. The van der Waals surface area contributed by atoms with Crippen molar-refractivity contribution in [2.45, 2.75) is 44.3 Å². The van der Waals surface area contributed by atoms with Crippen LogP contribution in [0.1, 0.15) is 49.9 Å². The molecule has 1 heterocycles. The van der Waals surface area contributed by atoms with E-state index < -0.39 is 23.7 Å². The summed E-state index contributed by atoms with van der Waals surface area (Å²) in [6.45, 7) is 8.48. The van der Waals surface area contributed by atoms with Crippen LogP contribution in [0, 0.1) is 0 Å². The van der Waals surface area contributed by atoms with Crippen molar-refractivity contribution in [2.24, 2.45) is 0 Å². The van der Waals surface area contributed by atoms with Crippen molar-refractivity contribution in [3.63, 3.8) is 0 Å². The predicted octanol–water partition coefficient (Wildman–Crippen LogP) is 9.13. The molecule has 1 atom stereocenters. The molecule has 6 aromatic rings. The minimum Gasteiger partial charge on any atom is -0.399 e. The third kappa shape index (κ3) is 2.77. The lowest BCUT2D eigenvalue weighted by Crippen LogP contribution is -2.41. The lowest BCUT2D eigenvalue weighted by Gasteiger charge is -2.32. The summed E-state index contributed by atoms with van der Waals surface area (Å²) in [6.07, 6.45) is 0. The summed E-state index contributed by atoms with van der Waals surface area (Å²) in [5, 5.41) is 2.72. The zero-order valence-electron chi connectivity index (χ0n) is 25.4. The molecule has 210 valence electrons. The first-order valence-corrected chi connectivity index (χ1v) is 15.7. The van der Waals surface area contributed by atoms with Gasteiger partial charge in [-0.2, -0.15) is 0 Å². The fraction of sp³-hybridized carbons (Fsp3) is 0.171. The molecule has 0 N–H and O–H groups in total. The third-order valence-corrected chi connectivity index (χ3v) is 11.3. The van der Waals surface area contributed by atoms with Crippen LogP contribution in [0.15, 0.2) is 115 Å². The van der Waals surface area contributed by atoms with Crippen LogP contribution in [0.4, 0.5) is 0 Å². The summed E-state index contributed by atoms with van der Waals surface area (Å²) in [7, 11) is -0.406. The van der Waals surface area contributed by atoms with Crippen molar-refractivity contribution in [3.8, 4) is 44.5 Å². The molecule has 0 aromatic heterocycles. The molecule has 0 amide bonds. The van der Waals surface area contributed by atoms with Crippen LogP contribution in [-0.2, 0) is 14.7 Å². The second-order valence-corrected chi connectivity index (χ2v) is 13.9. The van der Waals surface area contributed by atoms with E-state index in [9.17, 15) is 0 Å². The molecule has 1 spiro atoms. The third-order valence-electron chi connectivity index (χ3n) is 11.3. The molecule has 1 unspecified atom stereocenters. The van der Waals surface area contributed by atoms with E-state index in [1.165, 1.54) is 77.5 Å². The van der Waals surface area contributed by atoms with Gasteiger partial charge < -0.3 is 9.31 Å². The van der Waals surface area contributed by atoms with E-state index in [1.807, 2.05) is 0 Å². The maximum absolute atomic E-state index is 6.52. The van der Waals surface area contributed by atoms with Crippen molar-refractivity contribution in [1.29, 1.82) is 0 Å². The van der Waals surface area contributed by atoms with Gasteiger partial charge in [0.05, 0.1) is 16.6 Å². The normalized spacial score (nSPS) is 20.5. The highest BCUT2D eigenvalue weighted by atomic mass is 16.7. The molecule has 2 nitrogen and oxygen atoms in total. The van der Waals surface area contributed by atoms with Gasteiger partial charge >= 0.3 is 7.12 Å². The minimum atomic E-state index is -0.412. The number of rotatable bonds is 1. The highest BCUT2D eigenvalue weighted by Gasteiger charge is 2.55. The Morgan fingerprint density at radius 1 is 0.455 bits per heavy atom. The molecular formula is C41H31BO2. The Kier molecular flexibility index (Phi) is 4.53. The lowest BCUT2D eigenvalue weighted by atomic mass is 9.69. The molecule has 44 heavy (non-hydrogen) atoms. The summed E-state index contributed by atoms with van der Waals surface area (Å²) in [6, 6.07) is 43.3. The SMILES string of the molecule is CC1(C)OB(c2ccc3c(c2)-c2ccccc2C32c3ccccc3-c3c2cc2c4c(cccc34)-c3ccccc3-2)OC1(C)C. The molecule has 3 aliphatic carbocycles. The smallest absolute Gasteiger partial charge is 0.399 e. The standard InChI is InChI=1S/C41H31BO2/c1-39(2)40(3,4)44-42(43-39)24-20-21-35-31(22-24)27-14-7-9-18-33(27)41(35)34-19-10-8-15-29(34)38-30-17-11-16-28-25-12-5-6-13-26(25)32(37(28)30)23-36(38)41/h5-23H,1-4H3. The summed E-state index contributed by atoms with van der Waals surface area (Å²) in [5.41, 5.74) is 15.9. The molecule has 10 rings (SSSR count). The first kappa shape index (κ1) is 24.9. The van der Waals surface area contributed by atoms with Crippen LogP contribution in [-0.4, -0.2) is 18.3 Å². The molecule has 1 saturated heterocycles. The van der Waals surface area contributed by atoms with Crippen LogP contribution in [0.2, 0.25) is 0 Å².